The van der Waals surface area contributed by atoms with Crippen LogP contribution in [0.1, 0.15) is 29.8 Å². The van der Waals surface area contributed by atoms with E-state index in [4.69, 9.17) is 4.74 Å². The fourth-order valence-corrected chi connectivity index (χ4v) is 2.05. The monoisotopic (exact) mass is 327 g/mol. The molecule has 0 spiro atoms. The zero-order valence-electron chi connectivity index (χ0n) is 14.2. The Labute approximate surface area is 141 Å². The zero-order chi connectivity index (χ0) is 17.7. The van der Waals surface area contributed by atoms with Crippen molar-refractivity contribution in [1.82, 2.24) is 4.98 Å². The van der Waals surface area contributed by atoms with E-state index in [1.165, 1.54) is 13.3 Å². The summed E-state index contributed by atoms with van der Waals surface area (Å²) in [6.07, 6.45) is 1.53. The van der Waals surface area contributed by atoms with E-state index in [0.717, 1.165) is 5.56 Å². The molecular formula is C18H21N3O3. The molecule has 1 aromatic carbocycles. The van der Waals surface area contributed by atoms with Crippen LogP contribution in [-0.4, -0.2) is 23.9 Å². The van der Waals surface area contributed by atoms with E-state index in [1.807, 2.05) is 20.8 Å². The Morgan fingerprint density at radius 2 is 1.88 bits per heavy atom. The summed E-state index contributed by atoms with van der Waals surface area (Å²) in [7, 11) is 1.52. The maximum atomic E-state index is 12.4. The highest BCUT2D eigenvalue weighted by atomic mass is 16.5. The van der Waals surface area contributed by atoms with Crippen molar-refractivity contribution < 1.29 is 14.3 Å². The van der Waals surface area contributed by atoms with Crippen LogP contribution in [0, 0.1) is 12.8 Å². The number of nitrogens with zero attached hydrogens (tertiary/aromatic N) is 1. The second-order valence-corrected chi connectivity index (χ2v) is 5.68. The highest BCUT2D eigenvalue weighted by Crippen LogP contribution is 2.21. The number of anilines is 2. The van der Waals surface area contributed by atoms with Gasteiger partial charge >= 0.3 is 0 Å². The van der Waals surface area contributed by atoms with E-state index in [9.17, 15) is 9.59 Å². The molecule has 0 atom stereocenters. The molecule has 0 saturated carbocycles. The van der Waals surface area contributed by atoms with Crippen LogP contribution in [0.25, 0.3) is 0 Å². The molecule has 2 amide bonds. The Bertz CT molecular complexity index is 757. The lowest BCUT2D eigenvalue weighted by atomic mass is 10.1. The Hall–Kier alpha value is -2.89. The Morgan fingerprint density at radius 3 is 2.50 bits per heavy atom. The van der Waals surface area contributed by atoms with Gasteiger partial charge in [0.05, 0.1) is 24.6 Å². The van der Waals surface area contributed by atoms with E-state index in [-0.39, 0.29) is 17.7 Å². The Kier molecular flexibility index (Phi) is 5.52. The van der Waals surface area contributed by atoms with E-state index < -0.39 is 0 Å². The van der Waals surface area contributed by atoms with Crippen LogP contribution in [-0.2, 0) is 4.79 Å². The van der Waals surface area contributed by atoms with Gasteiger partial charge in [-0.2, -0.15) is 0 Å². The summed E-state index contributed by atoms with van der Waals surface area (Å²) in [5.41, 5.74) is 1.82. The topological polar surface area (TPSA) is 80.3 Å². The molecule has 2 aromatic rings. The number of benzene rings is 1. The van der Waals surface area contributed by atoms with Gasteiger partial charge in [-0.15, -0.1) is 0 Å². The molecule has 0 fully saturated rings. The number of para-hydroxylation sites is 1. The van der Waals surface area contributed by atoms with Crippen LogP contribution in [0.3, 0.4) is 0 Å². The van der Waals surface area contributed by atoms with Gasteiger partial charge in [0, 0.05) is 5.92 Å². The van der Waals surface area contributed by atoms with Crippen LogP contribution in [0.4, 0.5) is 11.5 Å². The minimum Gasteiger partial charge on any atom is -0.496 e. The predicted molar refractivity (Wildman–Crippen MR) is 93.4 cm³/mol. The number of methoxy groups -OCH3 is 1. The van der Waals surface area contributed by atoms with E-state index in [1.54, 1.807) is 30.3 Å². The average Bonchev–Trinajstić information content (AvgIpc) is 2.57. The molecule has 2 rings (SSSR count). The molecule has 2 N–H and O–H groups in total. The molecule has 0 aliphatic heterocycles. The lowest BCUT2D eigenvalue weighted by Gasteiger charge is -2.12. The van der Waals surface area contributed by atoms with Crippen molar-refractivity contribution in [3.8, 4) is 5.75 Å². The maximum Gasteiger partial charge on any atom is 0.259 e. The van der Waals surface area contributed by atoms with Crippen molar-refractivity contribution in [3.63, 3.8) is 0 Å². The van der Waals surface area contributed by atoms with Crippen molar-refractivity contribution in [3.05, 3.63) is 47.7 Å². The number of pyridine rings is 1. The number of aryl methyl sites for hydroxylation is 1. The zero-order valence-corrected chi connectivity index (χ0v) is 14.2. The number of nitrogens with one attached hydrogen (secondary N) is 2. The quantitative estimate of drug-likeness (QED) is 0.883. The molecule has 0 bridgehead atoms. The molecule has 1 heterocycles. The summed E-state index contributed by atoms with van der Waals surface area (Å²) in [6.45, 7) is 5.46. The molecule has 0 unspecified atom stereocenters. The maximum absolute atomic E-state index is 12.4. The highest BCUT2D eigenvalue weighted by molar-refractivity contribution is 6.06. The van der Waals surface area contributed by atoms with Gasteiger partial charge in [0.25, 0.3) is 5.91 Å². The number of carbonyl (C=O) groups excluding carboxylic acids is 2. The number of amides is 2. The smallest absolute Gasteiger partial charge is 0.259 e. The van der Waals surface area contributed by atoms with Gasteiger partial charge in [-0.1, -0.05) is 26.0 Å². The summed E-state index contributed by atoms with van der Waals surface area (Å²) < 4.78 is 5.20. The van der Waals surface area contributed by atoms with Gasteiger partial charge in [-0.3, -0.25) is 9.59 Å². The molecule has 0 saturated heterocycles. The molecule has 6 nitrogen and oxygen atoms in total. The molecule has 1 aromatic heterocycles. The third-order valence-corrected chi connectivity index (χ3v) is 3.49. The fraction of sp³-hybridized carbons (Fsp3) is 0.278. The first-order valence-electron chi connectivity index (χ1n) is 7.64. The van der Waals surface area contributed by atoms with Gasteiger partial charge in [-0.05, 0) is 30.7 Å². The lowest BCUT2D eigenvalue weighted by Crippen LogP contribution is -2.19. The minimum absolute atomic E-state index is 0.104. The van der Waals surface area contributed by atoms with Crippen molar-refractivity contribution in [2.45, 2.75) is 20.8 Å². The third kappa shape index (κ3) is 4.10. The number of aromatic nitrogens is 1. The molecule has 0 aliphatic carbocycles. The first kappa shape index (κ1) is 17.5. The fourth-order valence-electron chi connectivity index (χ4n) is 2.05. The van der Waals surface area contributed by atoms with Gasteiger partial charge in [0.2, 0.25) is 5.91 Å². The second-order valence-electron chi connectivity index (χ2n) is 5.68. The third-order valence-electron chi connectivity index (χ3n) is 3.49. The molecule has 0 radical (unpaired) electrons. The first-order valence-corrected chi connectivity index (χ1v) is 7.64. The summed E-state index contributed by atoms with van der Waals surface area (Å²) in [5.74, 6) is 0.448. The average molecular weight is 327 g/mol. The standard InChI is InChI=1S/C18H21N3O3/c1-11(2)17(22)21-16-9-12(3)14(10-19-16)20-18(23)13-7-5-6-8-15(13)24-4/h5-11H,1-4H3,(H,20,23)(H,19,21,22). The van der Waals surface area contributed by atoms with Gasteiger partial charge < -0.3 is 15.4 Å². The van der Waals surface area contributed by atoms with E-state index >= 15 is 0 Å². The Morgan fingerprint density at radius 1 is 1.17 bits per heavy atom. The van der Waals surface area contributed by atoms with Crippen molar-refractivity contribution in [2.24, 2.45) is 5.92 Å². The second kappa shape index (κ2) is 7.59. The Balaban J connectivity index is 2.15. The lowest BCUT2D eigenvalue weighted by molar-refractivity contribution is -0.118. The number of carbonyl (C=O) groups is 2. The summed E-state index contributed by atoms with van der Waals surface area (Å²) in [6, 6.07) is 8.71. The van der Waals surface area contributed by atoms with Crippen LogP contribution < -0.4 is 15.4 Å². The number of hydrogen-bond donors (Lipinski definition) is 2. The van der Waals surface area contributed by atoms with Crippen LogP contribution in [0.2, 0.25) is 0 Å². The summed E-state index contributed by atoms with van der Waals surface area (Å²) in [4.78, 5) is 28.3. The van der Waals surface area contributed by atoms with Crippen LogP contribution in [0.15, 0.2) is 36.5 Å². The minimum atomic E-state index is -0.281. The highest BCUT2D eigenvalue weighted by Gasteiger charge is 2.14. The SMILES string of the molecule is COc1ccccc1C(=O)Nc1cnc(NC(=O)C(C)C)cc1C. The van der Waals surface area contributed by atoms with E-state index in [0.29, 0.717) is 22.8 Å². The first-order chi connectivity index (χ1) is 11.4. The summed E-state index contributed by atoms with van der Waals surface area (Å²) >= 11 is 0. The van der Waals surface area contributed by atoms with Crippen molar-refractivity contribution in [1.29, 1.82) is 0 Å². The van der Waals surface area contributed by atoms with Crippen molar-refractivity contribution in [2.75, 3.05) is 17.7 Å². The number of ether oxygens (including phenoxy) is 1. The number of hydrogen-bond acceptors (Lipinski definition) is 4. The normalized spacial score (nSPS) is 10.4. The van der Waals surface area contributed by atoms with Gasteiger partial charge in [0.1, 0.15) is 11.6 Å². The van der Waals surface area contributed by atoms with E-state index in [2.05, 4.69) is 15.6 Å². The van der Waals surface area contributed by atoms with Gasteiger partial charge in [-0.25, -0.2) is 4.98 Å². The number of rotatable bonds is 5. The summed E-state index contributed by atoms with van der Waals surface area (Å²) in [5, 5.41) is 5.54. The predicted octanol–water partition coefficient (Wildman–Crippen LogP) is 3.25. The van der Waals surface area contributed by atoms with Crippen LogP contribution >= 0.6 is 0 Å². The van der Waals surface area contributed by atoms with Crippen molar-refractivity contribution >= 4 is 23.3 Å². The molecular weight excluding hydrogens is 306 g/mol. The van der Waals surface area contributed by atoms with Gasteiger partial charge in [0.15, 0.2) is 0 Å². The molecule has 24 heavy (non-hydrogen) atoms. The molecule has 6 heteroatoms. The largest absolute Gasteiger partial charge is 0.496 e. The molecule has 126 valence electrons. The van der Waals surface area contributed by atoms with Crippen LogP contribution in [0.5, 0.6) is 5.75 Å². The molecule has 0 aliphatic rings.